The second kappa shape index (κ2) is 18.1. The third kappa shape index (κ3) is 8.18. The summed E-state index contributed by atoms with van der Waals surface area (Å²) < 4.78 is 34.9. The SMILES string of the molecule is CC1(C)CC(C(=O)O[C@@H]2O[C@H](COC3O[C@H](CO)[C@@H](O)[C@H](O)[C@H]3O)[C@@H](O)[C@H](O)[C@H]2O)C2CC[C@]3(C)C(=CCC4[C@@]5(C)CC[C@H](O[C@@H]6OC[C@H](O)[C@H](O)[C@H]6O)[C@@](C)(CO)C5CC[C@]43C)C2C1. The lowest BCUT2D eigenvalue weighted by atomic mass is 9.34. The molecule has 3 saturated heterocycles. The third-order valence-corrected chi connectivity index (χ3v) is 18.8. The van der Waals surface area contributed by atoms with Crippen LogP contribution in [0.1, 0.15) is 99.3 Å². The van der Waals surface area contributed by atoms with Crippen molar-refractivity contribution in [3.63, 3.8) is 0 Å². The number of fused-ring (bicyclic) bond motifs is 7. The zero-order valence-corrected chi connectivity index (χ0v) is 38.6. The van der Waals surface area contributed by atoms with Gasteiger partial charge in [0.25, 0.3) is 0 Å². The summed E-state index contributed by atoms with van der Waals surface area (Å²) in [4.78, 5) is 14.4. The summed E-state index contributed by atoms with van der Waals surface area (Å²) in [6.07, 6.45) is -12.2. The molecule has 65 heavy (non-hydrogen) atoms. The molecule has 0 amide bonds. The van der Waals surface area contributed by atoms with Gasteiger partial charge in [0, 0.05) is 5.41 Å². The number of carbonyl (C=O) groups excluding carboxylic acids is 1. The molecular weight excluding hydrogens is 852 g/mol. The summed E-state index contributed by atoms with van der Waals surface area (Å²) in [6.45, 7) is 12.1. The van der Waals surface area contributed by atoms with Gasteiger partial charge in [-0.05, 0) is 103 Å². The van der Waals surface area contributed by atoms with Crippen LogP contribution in [0.2, 0.25) is 0 Å². The normalized spacial score (nSPS) is 54.3. The first-order valence-corrected chi connectivity index (χ1v) is 23.9. The van der Waals surface area contributed by atoms with Crippen molar-refractivity contribution in [2.24, 2.45) is 56.7 Å². The minimum Gasteiger partial charge on any atom is -0.432 e. The van der Waals surface area contributed by atoms with Gasteiger partial charge < -0.3 is 84.6 Å². The summed E-state index contributed by atoms with van der Waals surface area (Å²) in [5.74, 6) is -0.762. The molecule has 5 aliphatic carbocycles. The molecule has 18 nitrogen and oxygen atoms in total. The maximum absolute atomic E-state index is 14.4. The van der Waals surface area contributed by atoms with Gasteiger partial charge in [-0.1, -0.05) is 53.2 Å². The first-order chi connectivity index (χ1) is 30.5. The molecule has 0 aromatic rings. The van der Waals surface area contributed by atoms with Crippen LogP contribution >= 0.6 is 0 Å². The van der Waals surface area contributed by atoms with Gasteiger partial charge in [-0.15, -0.1) is 0 Å². The molecule has 6 unspecified atom stereocenters. The highest BCUT2D eigenvalue weighted by Gasteiger charge is 2.69. The van der Waals surface area contributed by atoms with Crippen molar-refractivity contribution in [2.75, 3.05) is 26.4 Å². The molecule has 0 spiro atoms. The summed E-state index contributed by atoms with van der Waals surface area (Å²) >= 11 is 0. The Morgan fingerprint density at radius 3 is 2.03 bits per heavy atom. The van der Waals surface area contributed by atoms with E-state index in [-0.39, 0.29) is 58.5 Å². The van der Waals surface area contributed by atoms with Crippen LogP contribution < -0.4 is 0 Å². The predicted octanol–water partition coefficient (Wildman–Crippen LogP) is -0.392. The van der Waals surface area contributed by atoms with Crippen LogP contribution in [0.4, 0.5) is 0 Å². The summed E-state index contributed by atoms with van der Waals surface area (Å²) in [7, 11) is 0. The van der Waals surface area contributed by atoms with Gasteiger partial charge in [-0.25, -0.2) is 0 Å². The van der Waals surface area contributed by atoms with Gasteiger partial charge in [-0.2, -0.15) is 0 Å². The van der Waals surface area contributed by atoms with Crippen molar-refractivity contribution < 1.29 is 89.4 Å². The fraction of sp³-hybridized carbons (Fsp3) is 0.936. The van der Waals surface area contributed by atoms with Crippen LogP contribution in [0.3, 0.4) is 0 Å². The molecule has 18 heteroatoms. The first kappa shape index (κ1) is 50.0. The molecule has 3 aliphatic heterocycles. The summed E-state index contributed by atoms with van der Waals surface area (Å²) in [5.41, 5.74) is -0.0126. The molecule has 0 radical (unpaired) electrons. The molecule has 11 N–H and O–H groups in total. The van der Waals surface area contributed by atoms with Crippen molar-refractivity contribution in [2.45, 2.75) is 191 Å². The van der Waals surface area contributed by atoms with E-state index in [9.17, 15) is 61.0 Å². The van der Waals surface area contributed by atoms with Crippen molar-refractivity contribution >= 4 is 5.97 Å². The van der Waals surface area contributed by atoms with Crippen molar-refractivity contribution in [1.82, 2.24) is 0 Å². The fourth-order valence-electron chi connectivity index (χ4n) is 14.9. The minimum atomic E-state index is -1.80. The Morgan fingerprint density at radius 1 is 0.708 bits per heavy atom. The Morgan fingerprint density at radius 2 is 1.35 bits per heavy atom. The van der Waals surface area contributed by atoms with Crippen molar-refractivity contribution in [3.05, 3.63) is 11.6 Å². The standard InChI is InChI=1S/C47H76O18/c1-43(2)15-22-21(23(16-43)39(59)65-42-38(58)35(55)33(53)27(63-42)19-61-40-37(57)34(54)32(52)26(17-48)62-40)9-13-46(5)24(22)7-8-29-44(3)12-11-30(64-41-36(56)31(51)25(50)18-60-41)45(4,20-49)28(44)10-14-47(29,46)6/h7,21-23,25-38,40-42,48-58H,8-20H2,1-6H3/t21?,22?,23?,25-,26+,27+,28?,29?,30-,31-,32+,33+,34-,35-,36+,37+,38+,40?,41-,42-,44-,45-,46+,47+/m0/s1. The second-order valence-corrected chi connectivity index (χ2v) is 22.8. The highest BCUT2D eigenvalue weighted by molar-refractivity contribution is 5.73. The van der Waals surface area contributed by atoms with Crippen LogP contribution in [0, 0.1) is 56.7 Å². The Hall–Kier alpha value is -1.43. The van der Waals surface area contributed by atoms with E-state index in [0.29, 0.717) is 12.8 Å². The van der Waals surface area contributed by atoms with Gasteiger partial charge in [0.05, 0.1) is 38.4 Å². The molecule has 4 saturated carbocycles. The van der Waals surface area contributed by atoms with E-state index in [0.717, 1.165) is 44.9 Å². The van der Waals surface area contributed by atoms with Crippen LogP contribution in [-0.4, -0.2) is 181 Å². The summed E-state index contributed by atoms with van der Waals surface area (Å²) in [5, 5.41) is 115. The second-order valence-electron chi connectivity index (χ2n) is 22.8. The van der Waals surface area contributed by atoms with E-state index < -0.39 is 123 Å². The van der Waals surface area contributed by atoms with Gasteiger partial charge in [0.15, 0.2) is 12.6 Å². The molecule has 8 rings (SSSR count). The monoisotopic (exact) mass is 929 g/mol. The van der Waals surface area contributed by atoms with E-state index in [1.54, 1.807) is 0 Å². The van der Waals surface area contributed by atoms with Crippen LogP contribution in [0.15, 0.2) is 11.6 Å². The smallest absolute Gasteiger partial charge is 0.311 e. The average Bonchev–Trinajstić information content (AvgIpc) is 3.26. The van der Waals surface area contributed by atoms with E-state index >= 15 is 0 Å². The zero-order valence-electron chi connectivity index (χ0n) is 38.6. The van der Waals surface area contributed by atoms with Crippen LogP contribution in [0.5, 0.6) is 0 Å². The predicted molar refractivity (Wildman–Crippen MR) is 226 cm³/mol. The molecular formula is C47H76O18. The number of hydrogen-bond acceptors (Lipinski definition) is 18. The Kier molecular flexibility index (Phi) is 13.9. The molecule has 372 valence electrons. The molecule has 7 fully saturated rings. The van der Waals surface area contributed by atoms with Crippen molar-refractivity contribution in [3.8, 4) is 0 Å². The summed E-state index contributed by atoms with van der Waals surface area (Å²) in [6, 6.07) is 0. The Balaban J connectivity index is 0.980. The third-order valence-electron chi connectivity index (χ3n) is 18.8. The molecule has 3 heterocycles. The fourth-order valence-corrected chi connectivity index (χ4v) is 14.9. The van der Waals surface area contributed by atoms with E-state index in [4.69, 9.17) is 28.4 Å². The number of ether oxygens (including phenoxy) is 6. The maximum Gasteiger partial charge on any atom is 0.311 e. The minimum absolute atomic E-state index is 0.0641. The van der Waals surface area contributed by atoms with E-state index in [2.05, 4.69) is 47.6 Å². The Labute approximate surface area is 380 Å². The lowest BCUT2D eigenvalue weighted by Crippen LogP contribution is -2.66. The number of carbonyl (C=O) groups is 1. The lowest BCUT2D eigenvalue weighted by Gasteiger charge is -2.71. The molecule has 8 aliphatic rings. The number of aliphatic hydroxyl groups excluding tert-OH is 11. The molecule has 0 bridgehead atoms. The van der Waals surface area contributed by atoms with Gasteiger partial charge in [0.1, 0.15) is 67.1 Å². The maximum atomic E-state index is 14.4. The highest BCUT2D eigenvalue weighted by Crippen LogP contribution is 2.75. The van der Waals surface area contributed by atoms with Crippen LogP contribution in [0.25, 0.3) is 0 Å². The lowest BCUT2D eigenvalue weighted by molar-refractivity contribution is -0.327. The van der Waals surface area contributed by atoms with E-state index in [1.807, 2.05) is 0 Å². The molecule has 0 aromatic carbocycles. The first-order valence-electron chi connectivity index (χ1n) is 23.9. The van der Waals surface area contributed by atoms with Crippen LogP contribution in [-0.2, 0) is 33.2 Å². The van der Waals surface area contributed by atoms with Gasteiger partial charge in [-0.3, -0.25) is 4.79 Å². The quantitative estimate of drug-likeness (QED) is 0.0797. The molecule has 24 atom stereocenters. The Bertz CT molecular complexity index is 1750. The topological polar surface area (TPSA) is 295 Å². The zero-order chi connectivity index (χ0) is 47.3. The largest absolute Gasteiger partial charge is 0.432 e. The number of aliphatic hydroxyl groups is 11. The van der Waals surface area contributed by atoms with Crippen molar-refractivity contribution in [1.29, 1.82) is 0 Å². The molecule has 0 aromatic heterocycles. The van der Waals surface area contributed by atoms with Gasteiger partial charge >= 0.3 is 5.97 Å². The number of esters is 1. The number of allylic oxidation sites excluding steroid dienone is 2. The van der Waals surface area contributed by atoms with Gasteiger partial charge in [0.2, 0.25) is 6.29 Å². The number of rotatable bonds is 9. The van der Waals surface area contributed by atoms with E-state index in [1.165, 1.54) is 5.57 Å². The highest BCUT2D eigenvalue weighted by atomic mass is 16.7. The average molecular weight is 929 g/mol. The number of hydrogen-bond donors (Lipinski definition) is 11.